The standard InChI is InChI=1S/C13H18ClNO2/c1-2-3-9-17-13(16)15-8-7-11-5-4-6-12(14)10-11/h4-6,10H,2-3,7-9H2,1H3,(H,15,16). The fraction of sp³-hybridized carbons (Fsp3) is 0.462. The monoisotopic (exact) mass is 255 g/mol. The van der Waals surface area contributed by atoms with E-state index in [9.17, 15) is 4.79 Å². The summed E-state index contributed by atoms with van der Waals surface area (Å²) in [6, 6.07) is 7.61. The average molecular weight is 256 g/mol. The molecule has 0 heterocycles. The lowest BCUT2D eigenvalue weighted by Gasteiger charge is -2.06. The van der Waals surface area contributed by atoms with Gasteiger partial charge in [0, 0.05) is 11.6 Å². The summed E-state index contributed by atoms with van der Waals surface area (Å²) >= 11 is 5.86. The predicted molar refractivity (Wildman–Crippen MR) is 69.4 cm³/mol. The molecule has 0 spiro atoms. The van der Waals surface area contributed by atoms with Crippen LogP contribution in [0.15, 0.2) is 24.3 Å². The zero-order valence-corrected chi connectivity index (χ0v) is 10.8. The van der Waals surface area contributed by atoms with Crippen LogP contribution in [0.2, 0.25) is 5.02 Å². The Bertz CT molecular complexity index is 355. The van der Waals surface area contributed by atoms with Gasteiger partial charge in [0.25, 0.3) is 0 Å². The Morgan fingerprint density at radius 2 is 2.29 bits per heavy atom. The molecular weight excluding hydrogens is 238 g/mol. The first kappa shape index (κ1) is 13.8. The molecule has 0 unspecified atom stereocenters. The maximum atomic E-state index is 11.2. The van der Waals surface area contributed by atoms with Gasteiger partial charge < -0.3 is 10.1 Å². The minimum absolute atomic E-state index is 0.347. The lowest BCUT2D eigenvalue weighted by Crippen LogP contribution is -2.26. The van der Waals surface area contributed by atoms with Gasteiger partial charge in [0.15, 0.2) is 0 Å². The molecule has 94 valence electrons. The molecule has 0 aromatic heterocycles. The van der Waals surface area contributed by atoms with Crippen LogP contribution in [-0.4, -0.2) is 19.2 Å². The van der Waals surface area contributed by atoms with E-state index in [4.69, 9.17) is 16.3 Å². The number of carbonyl (C=O) groups excluding carboxylic acids is 1. The summed E-state index contributed by atoms with van der Waals surface area (Å²) < 4.78 is 4.97. The van der Waals surface area contributed by atoms with Crippen LogP contribution in [0.3, 0.4) is 0 Å². The van der Waals surface area contributed by atoms with E-state index in [-0.39, 0.29) is 6.09 Å². The molecule has 1 aromatic carbocycles. The van der Waals surface area contributed by atoms with Gasteiger partial charge in [0.05, 0.1) is 6.61 Å². The molecule has 0 fully saturated rings. The summed E-state index contributed by atoms with van der Waals surface area (Å²) in [6.07, 6.45) is 2.33. The van der Waals surface area contributed by atoms with Gasteiger partial charge in [-0.25, -0.2) is 4.79 Å². The number of amides is 1. The van der Waals surface area contributed by atoms with Crippen LogP contribution < -0.4 is 5.32 Å². The summed E-state index contributed by atoms with van der Waals surface area (Å²) in [7, 11) is 0. The van der Waals surface area contributed by atoms with Crippen molar-refractivity contribution in [1.29, 1.82) is 0 Å². The van der Waals surface area contributed by atoms with Gasteiger partial charge in [-0.15, -0.1) is 0 Å². The van der Waals surface area contributed by atoms with E-state index in [1.807, 2.05) is 24.3 Å². The maximum Gasteiger partial charge on any atom is 0.407 e. The van der Waals surface area contributed by atoms with Crippen LogP contribution in [0, 0.1) is 0 Å². The van der Waals surface area contributed by atoms with E-state index >= 15 is 0 Å². The zero-order chi connectivity index (χ0) is 12.5. The van der Waals surface area contributed by atoms with Crippen molar-refractivity contribution in [3.63, 3.8) is 0 Å². The topological polar surface area (TPSA) is 38.3 Å². The van der Waals surface area contributed by atoms with Gasteiger partial charge in [0.2, 0.25) is 0 Å². The lowest BCUT2D eigenvalue weighted by molar-refractivity contribution is 0.144. The molecule has 0 bridgehead atoms. The van der Waals surface area contributed by atoms with Crippen LogP contribution in [-0.2, 0) is 11.2 Å². The molecule has 1 aromatic rings. The fourth-order valence-corrected chi connectivity index (χ4v) is 1.57. The molecule has 0 aliphatic rings. The number of benzene rings is 1. The van der Waals surface area contributed by atoms with Crippen LogP contribution >= 0.6 is 11.6 Å². The quantitative estimate of drug-likeness (QED) is 0.791. The van der Waals surface area contributed by atoms with E-state index in [2.05, 4.69) is 12.2 Å². The fourth-order valence-electron chi connectivity index (χ4n) is 1.36. The highest BCUT2D eigenvalue weighted by molar-refractivity contribution is 6.30. The third kappa shape index (κ3) is 6.17. The highest BCUT2D eigenvalue weighted by atomic mass is 35.5. The van der Waals surface area contributed by atoms with Crippen molar-refractivity contribution in [2.75, 3.05) is 13.2 Å². The molecule has 0 atom stereocenters. The van der Waals surface area contributed by atoms with Crippen molar-refractivity contribution in [1.82, 2.24) is 5.32 Å². The summed E-state index contributed by atoms with van der Waals surface area (Å²) in [5.41, 5.74) is 1.10. The number of unbranched alkanes of at least 4 members (excludes halogenated alkanes) is 1. The first-order valence-electron chi connectivity index (χ1n) is 5.87. The molecule has 0 saturated heterocycles. The third-order valence-corrected chi connectivity index (χ3v) is 2.54. The number of hydrogen-bond donors (Lipinski definition) is 1. The second kappa shape index (κ2) is 7.96. The Morgan fingerprint density at radius 1 is 1.47 bits per heavy atom. The SMILES string of the molecule is CCCCOC(=O)NCCc1cccc(Cl)c1. The Hall–Kier alpha value is -1.22. The number of carbonyl (C=O) groups is 1. The van der Waals surface area contributed by atoms with Crippen molar-refractivity contribution >= 4 is 17.7 Å². The number of ether oxygens (including phenoxy) is 1. The lowest BCUT2D eigenvalue weighted by atomic mass is 10.1. The summed E-state index contributed by atoms with van der Waals surface area (Å²) in [5.74, 6) is 0. The number of alkyl carbamates (subject to hydrolysis) is 1. The number of halogens is 1. The number of rotatable bonds is 6. The van der Waals surface area contributed by atoms with Gasteiger partial charge in [-0.1, -0.05) is 37.1 Å². The second-order valence-corrected chi connectivity index (χ2v) is 4.23. The predicted octanol–water partition coefficient (Wildman–Crippen LogP) is 3.41. The minimum Gasteiger partial charge on any atom is -0.450 e. The molecule has 3 nitrogen and oxygen atoms in total. The smallest absolute Gasteiger partial charge is 0.407 e. The van der Waals surface area contributed by atoms with Crippen molar-refractivity contribution < 1.29 is 9.53 Å². The van der Waals surface area contributed by atoms with E-state index in [1.54, 1.807) is 0 Å². The Morgan fingerprint density at radius 3 is 3.00 bits per heavy atom. The average Bonchev–Trinajstić information content (AvgIpc) is 2.29. The first-order valence-corrected chi connectivity index (χ1v) is 6.25. The Balaban J connectivity index is 2.17. The molecule has 1 N–H and O–H groups in total. The van der Waals surface area contributed by atoms with Crippen LogP contribution in [0.1, 0.15) is 25.3 Å². The van der Waals surface area contributed by atoms with Gasteiger partial charge in [-0.05, 0) is 30.5 Å². The molecule has 1 rings (SSSR count). The highest BCUT2D eigenvalue weighted by Gasteiger charge is 2.00. The Labute approximate surface area is 107 Å². The van der Waals surface area contributed by atoms with Crippen molar-refractivity contribution in [3.8, 4) is 0 Å². The number of nitrogens with one attached hydrogen (secondary N) is 1. The molecule has 0 aliphatic heterocycles. The molecule has 0 radical (unpaired) electrons. The zero-order valence-electron chi connectivity index (χ0n) is 10.0. The number of hydrogen-bond acceptors (Lipinski definition) is 2. The van der Waals surface area contributed by atoms with Gasteiger partial charge >= 0.3 is 6.09 Å². The molecule has 1 amide bonds. The molecule has 0 aliphatic carbocycles. The highest BCUT2D eigenvalue weighted by Crippen LogP contribution is 2.10. The largest absolute Gasteiger partial charge is 0.450 e. The van der Waals surface area contributed by atoms with Crippen molar-refractivity contribution in [2.24, 2.45) is 0 Å². The maximum absolute atomic E-state index is 11.2. The second-order valence-electron chi connectivity index (χ2n) is 3.80. The van der Waals surface area contributed by atoms with E-state index in [0.29, 0.717) is 18.2 Å². The van der Waals surface area contributed by atoms with Crippen molar-refractivity contribution in [3.05, 3.63) is 34.9 Å². The molecule has 0 saturated carbocycles. The van der Waals surface area contributed by atoms with Gasteiger partial charge in [0.1, 0.15) is 0 Å². The Kier molecular flexibility index (Phi) is 6.48. The van der Waals surface area contributed by atoms with Gasteiger partial charge in [-0.2, -0.15) is 0 Å². The normalized spacial score (nSPS) is 10.0. The van der Waals surface area contributed by atoms with E-state index in [1.165, 1.54) is 0 Å². The van der Waals surface area contributed by atoms with Crippen LogP contribution in [0.4, 0.5) is 4.79 Å². The summed E-state index contributed by atoms with van der Waals surface area (Å²) in [4.78, 5) is 11.2. The van der Waals surface area contributed by atoms with Gasteiger partial charge in [-0.3, -0.25) is 0 Å². The third-order valence-electron chi connectivity index (χ3n) is 2.30. The van der Waals surface area contributed by atoms with Crippen LogP contribution in [0.25, 0.3) is 0 Å². The van der Waals surface area contributed by atoms with Crippen LogP contribution in [0.5, 0.6) is 0 Å². The molecular formula is C13H18ClNO2. The van der Waals surface area contributed by atoms with E-state index in [0.717, 1.165) is 24.8 Å². The molecule has 17 heavy (non-hydrogen) atoms. The summed E-state index contributed by atoms with van der Waals surface area (Å²) in [6.45, 7) is 3.10. The minimum atomic E-state index is -0.347. The molecule has 4 heteroatoms. The summed E-state index contributed by atoms with van der Waals surface area (Å²) in [5, 5.41) is 3.42. The first-order chi connectivity index (χ1) is 8.22. The van der Waals surface area contributed by atoms with E-state index < -0.39 is 0 Å². The van der Waals surface area contributed by atoms with Crippen molar-refractivity contribution in [2.45, 2.75) is 26.2 Å².